The van der Waals surface area contributed by atoms with E-state index in [1.165, 1.54) is 12.1 Å². The number of imidazole rings is 1. The van der Waals surface area contributed by atoms with E-state index in [9.17, 15) is 4.39 Å². The van der Waals surface area contributed by atoms with E-state index < -0.39 is 0 Å². The molecule has 1 N–H and O–H groups in total. The van der Waals surface area contributed by atoms with Crippen LogP contribution >= 0.6 is 0 Å². The molecule has 0 atom stereocenters. The summed E-state index contributed by atoms with van der Waals surface area (Å²) in [5.41, 5.74) is 5.85. The number of anilines is 2. The van der Waals surface area contributed by atoms with Crippen molar-refractivity contribution in [3.8, 4) is 28.4 Å². The van der Waals surface area contributed by atoms with Crippen LogP contribution in [0.25, 0.3) is 28.3 Å². The van der Waals surface area contributed by atoms with Gasteiger partial charge in [-0.05, 0) is 92.8 Å². The van der Waals surface area contributed by atoms with Crippen molar-refractivity contribution in [2.75, 3.05) is 26.0 Å². The molecule has 188 valence electrons. The van der Waals surface area contributed by atoms with Crippen molar-refractivity contribution in [2.24, 2.45) is 0 Å². The van der Waals surface area contributed by atoms with Gasteiger partial charge in [-0.3, -0.25) is 4.40 Å². The summed E-state index contributed by atoms with van der Waals surface area (Å²) in [5.74, 6) is 0.997. The van der Waals surface area contributed by atoms with Gasteiger partial charge in [-0.2, -0.15) is 0 Å². The van der Waals surface area contributed by atoms with Crippen LogP contribution in [-0.2, 0) is 6.54 Å². The molecule has 0 spiro atoms. The molecule has 3 aromatic heterocycles. The highest BCUT2D eigenvalue weighted by molar-refractivity contribution is 5.81. The molecule has 0 radical (unpaired) electrons. The van der Waals surface area contributed by atoms with Crippen molar-refractivity contribution >= 4 is 17.3 Å². The molecule has 3 heterocycles. The number of pyridine rings is 1. The summed E-state index contributed by atoms with van der Waals surface area (Å²) in [6.07, 6.45) is 4.69. The zero-order valence-corrected chi connectivity index (χ0v) is 21.1. The first-order valence-corrected chi connectivity index (χ1v) is 12.2. The van der Waals surface area contributed by atoms with Crippen LogP contribution in [0.2, 0.25) is 0 Å². The summed E-state index contributed by atoms with van der Waals surface area (Å²) < 4.78 is 21.4. The Kier molecular flexibility index (Phi) is 7.09. The second-order valence-corrected chi connectivity index (χ2v) is 9.08. The van der Waals surface area contributed by atoms with Crippen molar-refractivity contribution in [3.05, 3.63) is 90.5 Å². The Bertz CT molecular complexity index is 1500. The zero-order valence-electron chi connectivity index (χ0n) is 21.1. The Morgan fingerprint density at radius 1 is 0.973 bits per heavy atom. The number of halogens is 1. The topological polar surface area (TPSA) is 67.6 Å². The highest BCUT2D eigenvalue weighted by atomic mass is 19.1. The second kappa shape index (κ2) is 10.8. The SMILES string of the molecule is CCCOc1ccc(Nc2nccc(-c3c(-c4ccc(F)cc4)nc4cc(CN(C)C)ccn34)n2)cc1. The predicted octanol–water partition coefficient (Wildman–Crippen LogP) is 6.19. The molecule has 0 aliphatic heterocycles. The lowest BCUT2D eigenvalue weighted by Crippen LogP contribution is -2.10. The van der Waals surface area contributed by atoms with Crippen LogP contribution in [-0.4, -0.2) is 45.0 Å². The van der Waals surface area contributed by atoms with E-state index in [-0.39, 0.29) is 5.82 Å². The number of benzene rings is 2. The van der Waals surface area contributed by atoms with Gasteiger partial charge in [-0.15, -0.1) is 0 Å². The number of nitrogens with zero attached hydrogens (tertiary/aromatic N) is 5. The minimum absolute atomic E-state index is 0.290. The van der Waals surface area contributed by atoms with Gasteiger partial charge >= 0.3 is 0 Å². The van der Waals surface area contributed by atoms with Gasteiger partial charge in [0.15, 0.2) is 0 Å². The summed E-state index contributed by atoms with van der Waals surface area (Å²) in [6.45, 7) is 3.56. The van der Waals surface area contributed by atoms with Crippen molar-refractivity contribution in [1.29, 1.82) is 0 Å². The molecule has 0 aliphatic rings. The van der Waals surface area contributed by atoms with E-state index in [0.29, 0.717) is 18.2 Å². The molecule has 5 aromatic rings. The Morgan fingerprint density at radius 2 is 1.76 bits per heavy atom. The molecule has 8 heteroatoms. The van der Waals surface area contributed by atoms with Gasteiger partial charge < -0.3 is 15.0 Å². The van der Waals surface area contributed by atoms with Gasteiger partial charge in [0.05, 0.1) is 23.7 Å². The average molecular weight is 497 g/mol. The van der Waals surface area contributed by atoms with E-state index in [0.717, 1.165) is 52.6 Å². The lowest BCUT2D eigenvalue weighted by Gasteiger charge is -2.11. The average Bonchev–Trinajstić information content (AvgIpc) is 3.27. The first-order valence-electron chi connectivity index (χ1n) is 12.2. The van der Waals surface area contributed by atoms with Crippen molar-refractivity contribution in [1.82, 2.24) is 24.3 Å². The van der Waals surface area contributed by atoms with E-state index in [2.05, 4.69) is 34.3 Å². The molecule has 5 rings (SSSR count). The number of aromatic nitrogens is 4. The summed E-state index contributed by atoms with van der Waals surface area (Å²) in [5, 5.41) is 3.27. The van der Waals surface area contributed by atoms with Gasteiger partial charge in [0.25, 0.3) is 0 Å². The highest BCUT2D eigenvalue weighted by Crippen LogP contribution is 2.33. The largest absolute Gasteiger partial charge is 0.494 e. The fourth-order valence-electron chi connectivity index (χ4n) is 4.14. The third-order valence-electron chi connectivity index (χ3n) is 5.79. The third-order valence-corrected chi connectivity index (χ3v) is 5.79. The molecule has 2 aromatic carbocycles. The Hall–Kier alpha value is -4.30. The fourth-order valence-corrected chi connectivity index (χ4v) is 4.14. The Balaban J connectivity index is 1.54. The number of nitrogens with one attached hydrogen (secondary N) is 1. The number of hydrogen-bond acceptors (Lipinski definition) is 6. The van der Waals surface area contributed by atoms with Crippen LogP contribution in [0.1, 0.15) is 18.9 Å². The summed E-state index contributed by atoms with van der Waals surface area (Å²) in [4.78, 5) is 16.3. The highest BCUT2D eigenvalue weighted by Gasteiger charge is 2.18. The molecule has 7 nitrogen and oxygen atoms in total. The Morgan fingerprint density at radius 3 is 2.49 bits per heavy atom. The van der Waals surface area contributed by atoms with E-state index >= 15 is 0 Å². The minimum atomic E-state index is -0.290. The van der Waals surface area contributed by atoms with Crippen molar-refractivity contribution in [2.45, 2.75) is 19.9 Å². The molecule has 0 fully saturated rings. The fraction of sp³-hybridized carbons (Fsp3) is 0.207. The molecule has 0 saturated heterocycles. The van der Waals surface area contributed by atoms with Crippen LogP contribution < -0.4 is 10.1 Å². The molecule has 0 aliphatic carbocycles. The monoisotopic (exact) mass is 496 g/mol. The van der Waals surface area contributed by atoms with E-state index in [1.807, 2.05) is 55.0 Å². The molecular formula is C29H29FN6O. The van der Waals surface area contributed by atoms with Gasteiger partial charge in [0.1, 0.15) is 17.2 Å². The molecule has 0 unspecified atom stereocenters. The van der Waals surface area contributed by atoms with E-state index in [1.54, 1.807) is 18.3 Å². The number of fused-ring (bicyclic) bond motifs is 1. The molecule has 0 amide bonds. The van der Waals surface area contributed by atoms with Crippen molar-refractivity contribution < 1.29 is 9.13 Å². The number of hydrogen-bond donors (Lipinski definition) is 1. The third kappa shape index (κ3) is 5.59. The summed E-state index contributed by atoms with van der Waals surface area (Å²) >= 11 is 0. The maximum absolute atomic E-state index is 13.7. The van der Waals surface area contributed by atoms with Crippen LogP contribution in [0.15, 0.2) is 79.1 Å². The van der Waals surface area contributed by atoms with Gasteiger partial charge in [0.2, 0.25) is 5.95 Å². The molecule has 0 bridgehead atoms. The molecular weight excluding hydrogens is 467 g/mol. The second-order valence-electron chi connectivity index (χ2n) is 9.08. The maximum Gasteiger partial charge on any atom is 0.227 e. The predicted molar refractivity (Wildman–Crippen MR) is 145 cm³/mol. The lowest BCUT2D eigenvalue weighted by molar-refractivity contribution is 0.317. The zero-order chi connectivity index (χ0) is 25.8. The Labute approximate surface area is 215 Å². The van der Waals surface area contributed by atoms with Gasteiger partial charge in [-0.25, -0.2) is 19.3 Å². The van der Waals surface area contributed by atoms with E-state index in [4.69, 9.17) is 14.7 Å². The summed E-state index contributed by atoms with van der Waals surface area (Å²) in [6, 6.07) is 20.1. The minimum Gasteiger partial charge on any atom is -0.494 e. The normalized spacial score (nSPS) is 11.3. The maximum atomic E-state index is 13.7. The lowest BCUT2D eigenvalue weighted by atomic mass is 10.1. The standard InChI is InChI=1S/C29H29FN6O/c1-4-17-37-24-11-9-23(10-12-24)32-29-31-15-13-25(33-29)28-27(21-5-7-22(30)8-6-21)34-26-18-20(19-35(2)3)14-16-36(26)28/h5-16,18H,4,17,19H2,1-3H3,(H,31,32,33). The number of rotatable bonds is 9. The summed E-state index contributed by atoms with van der Waals surface area (Å²) in [7, 11) is 4.07. The van der Waals surface area contributed by atoms with Crippen LogP contribution in [0, 0.1) is 5.82 Å². The van der Waals surface area contributed by atoms with Gasteiger partial charge in [-0.1, -0.05) is 6.92 Å². The first-order chi connectivity index (χ1) is 18.0. The van der Waals surface area contributed by atoms with Gasteiger partial charge in [0, 0.05) is 30.2 Å². The first kappa shape index (κ1) is 24.4. The van der Waals surface area contributed by atoms with Crippen molar-refractivity contribution in [3.63, 3.8) is 0 Å². The smallest absolute Gasteiger partial charge is 0.227 e. The van der Waals surface area contributed by atoms with Crippen LogP contribution in [0.3, 0.4) is 0 Å². The quantitative estimate of drug-likeness (QED) is 0.262. The van der Waals surface area contributed by atoms with Crippen LogP contribution in [0.4, 0.5) is 16.0 Å². The molecule has 0 saturated carbocycles. The number of ether oxygens (including phenoxy) is 1. The molecule has 37 heavy (non-hydrogen) atoms. The van der Waals surface area contributed by atoms with Crippen LogP contribution in [0.5, 0.6) is 5.75 Å².